The Balaban J connectivity index is 1.88. The molecule has 82 valence electrons. The van der Waals surface area contributed by atoms with Crippen molar-refractivity contribution in [2.45, 2.75) is 43.9 Å². The molecule has 0 aromatic heterocycles. The van der Waals surface area contributed by atoms with Crippen molar-refractivity contribution in [3.8, 4) is 0 Å². The average Bonchev–Trinajstić information content (AvgIpc) is 2.31. The van der Waals surface area contributed by atoms with Crippen LogP contribution in [0.4, 0.5) is 0 Å². The summed E-state index contributed by atoms with van der Waals surface area (Å²) in [6.07, 6.45) is 8.76. The highest BCUT2D eigenvalue weighted by Crippen LogP contribution is 2.47. The zero-order valence-corrected chi connectivity index (χ0v) is 10.5. The van der Waals surface area contributed by atoms with E-state index in [0.717, 1.165) is 5.66 Å². The highest BCUT2D eigenvalue weighted by atomic mass is 31.1. The minimum atomic E-state index is 0.225. The fraction of sp³-hybridized carbons (Fsp3) is 0.571. The molecule has 15 heavy (non-hydrogen) atoms. The summed E-state index contributed by atoms with van der Waals surface area (Å²) in [7, 11) is 0.225. The van der Waals surface area contributed by atoms with Crippen LogP contribution in [0.15, 0.2) is 30.3 Å². The van der Waals surface area contributed by atoms with E-state index in [2.05, 4.69) is 37.0 Å². The summed E-state index contributed by atoms with van der Waals surface area (Å²) in [6, 6.07) is 11.0. The van der Waals surface area contributed by atoms with Crippen LogP contribution in [-0.2, 0) is 6.16 Å². The fourth-order valence-corrected chi connectivity index (χ4v) is 4.81. The quantitative estimate of drug-likeness (QED) is 0.651. The molecule has 0 radical (unpaired) electrons. The second-order valence-corrected chi connectivity index (χ2v) is 7.25. The number of benzene rings is 1. The maximum Gasteiger partial charge on any atom is -0.00731 e. The standard InChI is InChI=1S/C14H21P/c1-15(14-10-6-3-7-11-14)12-13-8-4-2-5-9-13/h2,4-5,8-9,14H,3,6-7,10-12H2,1H3/t15-/m1/s1. The van der Waals surface area contributed by atoms with Gasteiger partial charge in [0.15, 0.2) is 0 Å². The Hall–Kier alpha value is -0.350. The first-order valence-electron chi connectivity index (χ1n) is 6.10. The predicted molar refractivity (Wildman–Crippen MR) is 69.9 cm³/mol. The van der Waals surface area contributed by atoms with E-state index in [4.69, 9.17) is 0 Å². The summed E-state index contributed by atoms with van der Waals surface area (Å²) in [5.41, 5.74) is 2.59. The first-order valence-corrected chi connectivity index (χ1v) is 8.15. The van der Waals surface area contributed by atoms with E-state index in [9.17, 15) is 0 Å². The van der Waals surface area contributed by atoms with Gasteiger partial charge in [0.25, 0.3) is 0 Å². The van der Waals surface area contributed by atoms with Crippen LogP contribution < -0.4 is 0 Å². The molecule has 0 nitrogen and oxygen atoms in total. The molecule has 2 rings (SSSR count). The van der Waals surface area contributed by atoms with Gasteiger partial charge in [0.2, 0.25) is 0 Å². The van der Waals surface area contributed by atoms with Crippen molar-refractivity contribution < 1.29 is 0 Å². The lowest BCUT2D eigenvalue weighted by Crippen LogP contribution is -2.10. The molecule has 1 aromatic rings. The molecule has 0 N–H and O–H groups in total. The molecular weight excluding hydrogens is 199 g/mol. The first-order chi connectivity index (χ1) is 7.36. The third kappa shape index (κ3) is 3.31. The topological polar surface area (TPSA) is 0 Å². The van der Waals surface area contributed by atoms with Crippen LogP contribution in [0.25, 0.3) is 0 Å². The van der Waals surface area contributed by atoms with Gasteiger partial charge in [-0.2, -0.15) is 0 Å². The van der Waals surface area contributed by atoms with E-state index in [1.807, 2.05) is 0 Å². The summed E-state index contributed by atoms with van der Waals surface area (Å²) in [6.45, 7) is 2.50. The minimum absolute atomic E-state index is 0.225. The van der Waals surface area contributed by atoms with Gasteiger partial charge in [0.1, 0.15) is 0 Å². The van der Waals surface area contributed by atoms with Crippen molar-refractivity contribution in [1.29, 1.82) is 0 Å². The first kappa shape index (κ1) is 11.1. The van der Waals surface area contributed by atoms with Crippen LogP contribution in [-0.4, -0.2) is 12.3 Å². The summed E-state index contributed by atoms with van der Waals surface area (Å²) in [5, 5.41) is 0. The van der Waals surface area contributed by atoms with Gasteiger partial charge < -0.3 is 0 Å². The van der Waals surface area contributed by atoms with Gasteiger partial charge in [0.05, 0.1) is 0 Å². The lowest BCUT2D eigenvalue weighted by molar-refractivity contribution is 0.511. The summed E-state index contributed by atoms with van der Waals surface area (Å²) in [4.78, 5) is 0. The third-order valence-electron chi connectivity index (χ3n) is 3.47. The largest absolute Gasteiger partial charge is 0.102 e. The van der Waals surface area contributed by atoms with Crippen LogP contribution in [0, 0.1) is 0 Å². The van der Waals surface area contributed by atoms with Gasteiger partial charge >= 0.3 is 0 Å². The zero-order valence-electron chi connectivity index (χ0n) is 9.65. The molecule has 1 aliphatic carbocycles. The minimum Gasteiger partial charge on any atom is -0.102 e. The van der Waals surface area contributed by atoms with E-state index < -0.39 is 0 Å². The Morgan fingerprint density at radius 3 is 2.40 bits per heavy atom. The van der Waals surface area contributed by atoms with Gasteiger partial charge in [-0.25, -0.2) is 0 Å². The van der Waals surface area contributed by atoms with Crippen molar-refractivity contribution in [3.63, 3.8) is 0 Å². The summed E-state index contributed by atoms with van der Waals surface area (Å²) in [5.74, 6) is 0. The van der Waals surface area contributed by atoms with E-state index >= 15 is 0 Å². The molecule has 1 aliphatic rings. The van der Waals surface area contributed by atoms with E-state index in [1.54, 1.807) is 0 Å². The zero-order chi connectivity index (χ0) is 10.5. The lowest BCUT2D eigenvalue weighted by Gasteiger charge is -2.28. The number of hydrogen-bond donors (Lipinski definition) is 0. The highest BCUT2D eigenvalue weighted by Gasteiger charge is 2.19. The second-order valence-electron chi connectivity index (χ2n) is 4.69. The smallest absolute Gasteiger partial charge is 0.00731 e. The molecule has 0 bridgehead atoms. The fourth-order valence-electron chi connectivity index (χ4n) is 2.52. The predicted octanol–water partition coefficient (Wildman–Crippen LogP) is 4.63. The van der Waals surface area contributed by atoms with E-state index in [-0.39, 0.29) is 7.92 Å². The van der Waals surface area contributed by atoms with Gasteiger partial charge in [-0.05, 0) is 36.9 Å². The molecule has 1 fully saturated rings. The molecule has 0 spiro atoms. The molecule has 0 aliphatic heterocycles. The van der Waals surface area contributed by atoms with Crippen molar-refractivity contribution in [2.24, 2.45) is 0 Å². The molecule has 0 amide bonds. The van der Waals surface area contributed by atoms with Crippen molar-refractivity contribution in [3.05, 3.63) is 35.9 Å². The Kier molecular flexibility index (Phi) is 4.20. The SMILES string of the molecule is C[P@](Cc1ccccc1)C1CCCCC1. The third-order valence-corrected chi connectivity index (χ3v) is 6.10. The van der Waals surface area contributed by atoms with Crippen LogP contribution in [0.5, 0.6) is 0 Å². The van der Waals surface area contributed by atoms with E-state index in [0.29, 0.717) is 0 Å². The molecule has 1 atom stereocenters. The van der Waals surface area contributed by atoms with Gasteiger partial charge in [-0.15, -0.1) is 7.92 Å². The second kappa shape index (κ2) is 5.66. The summed E-state index contributed by atoms with van der Waals surface area (Å²) < 4.78 is 0. The van der Waals surface area contributed by atoms with Crippen LogP contribution >= 0.6 is 7.92 Å². The maximum atomic E-state index is 2.50. The van der Waals surface area contributed by atoms with Crippen molar-refractivity contribution in [2.75, 3.05) is 6.66 Å². The van der Waals surface area contributed by atoms with E-state index in [1.165, 1.54) is 43.8 Å². The van der Waals surface area contributed by atoms with Gasteiger partial charge in [-0.3, -0.25) is 0 Å². The van der Waals surface area contributed by atoms with Gasteiger partial charge in [0, 0.05) is 0 Å². The average molecular weight is 220 g/mol. The number of hydrogen-bond acceptors (Lipinski definition) is 0. The molecule has 1 aromatic carbocycles. The highest BCUT2D eigenvalue weighted by molar-refractivity contribution is 7.56. The van der Waals surface area contributed by atoms with Crippen LogP contribution in [0.3, 0.4) is 0 Å². The van der Waals surface area contributed by atoms with Crippen molar-refractivity contribution in [1.82, 2.24) is 0 Å². The maximum absolute atomic E-state index is 2.50. The Labute approximate surface area is 94.8 Å². The molecule has 1 saturated carbocycles. The molecule has 0 heterocycles. The van der Waals surface area contributed by atoms with Crippen LogP contribution in [0.2, 0.25) is 0 Å². The monoisotopic (exact) mass is 220 g/mol. The lowest BCUT2D eigenvalue weighted by atomic mass is 10.0. The molecular formula is C14H21P. The normalized spacial score (nSPS) is 20.1. The Morgan fingerprint density at radius 2 is 1.73 bits per heavy atom. The molecule has 1 heteroatoms. The molecule has 0 saturated heterocycles. The number of rotatable bonds is 3. The Bertz CT molecular complexity index is 275. The summed E-state index contributed by atoms with van der Waals surface area (Å²) >= 11 is 0. The van der Waals surface area contributed by atoms with Crippen LogP contribution in [0.1, 0.15) is 37.7 Å². The molecule has 0 unspecified atom stereocenters. The van der Waals surface area contributed by atoms with Gasteiger partial charge in [-0.1, -0.05) is 49.6 Å². The van der Waals surface area contributed by atoms with Crippen molar-refractivity contribution >= 4 is 7.92 Å². The Morgan fingerprint density at radius 1 is 1.07 bits per heavy atom.